The van der Waals surface area contributed by atoms with E-state index in [4.69, 9.17) is 5.73 Å². The lowest BCUT2D eigenvalue weighted by Gasteiger charge is -2.11. The first-order chi connectivity index (χ1) is 5.34. The number of rotatable bonds is 6. The minimum Gasteiger partial charge on any atom is -0.330 e. The summed E-state index contributed by atoms with van der Waals surface area (Å²) in [6.45, 7) is 4.27. The first kappa shape index (κ1) is 9.01. The van der Waals surface area contributed by atoms with Gasteiger partial charge < -0.3 is 11.1 Å². The van der Waals surface area contributed by atoms with Gasteiger partial charge in [0.05, 0.1) is 0 Å². The van der Waals surface area contributed by atoms with E-state index in [1.807, 2.05) is 0 Å². The van der Waals surface area contributed by atoms with E-state index < -0.39 is 0 Å². The summed E-state index contributed by atoms with van der Waals surface area (Å²) in [6.07, 6.45) is 5.26. The molecule has 0 spiro atoms. The first-order valence-electron chi connectivity index (χ1n) is 4.78. The lowest BCUT2D eigenvalue weighted by molar-refractivity contribution is 0.485. The van der Waals surface area contributed by atoms with Gasteiger partial charge in [-0.3, -0.25) is 0 Å². The van der Waals surface area contributed by atoms with Gasteiger partial charge in [0, 0.05) is 6.04 Å². The maximum Gasteiger partial charge on any atom is 0.00669 e. The number of nitrogens with one attached hydrogen (secondary N) is 1. The van der Waals surface area contributed by atoms with Crippen molar-refractivity contribution in [2.45, 2.75) is 38.6 Å². The van der Waals surface area contributed by atoms with Crippen LogP contribution in [0.3, 0.4) is 0 Å². The molecule has 1 fully saturated rings. The van der Waals surface area contributed by atoms with Crippen LogP contribution in [0.25, 0.3) is 0 Å². The average molecular weight is 156 g/mol. The lowest BCUT2D eigenvalue weighted by Crippen LogP contribution is -2.28. The zero-order chi connectivity index (χ0) is 8.10. The molecule has 0 aliphatic heterocycles. The van der Waals surface area contributed by atoms with Crippen molar-refractivity contribution in [3.8, 4) is 0 Å². The molecule has 1 unspecified atom stereocenters. The van der Waals surface area contributed by atoms with Crippen molar-refractivity contribution in [1.82, 2.24) is 5.32 Å². The second kappa shape index (κ2) is 4.73. The molecule has 0 bridgehead atoms. The van der Waals surface area contributed by atoms with Crippen LogP contribution in [0.5, 0.6) is 0 Å². The highest BCUT2D eigenvalue weighted by atomic mass is 14.9. The third-order valence-corrected chi connectivity index (χ3v) is 2.43. The maximum absolute atomic E-state index is 5.39. The Bertz CT molecular complexity index is 99.7. The summed E-state index contributed by atoms with van der Waals surface area (Å²) in [6, 6.07) is 0.743. The fourth-order valence-corrected chi connectivity index (χ4v) is 1.36. The van der Waals surface area contributed by atoms with Crippen LogP contribution in [0.2, 0.25) is 0 Å². The third kappa shape index (κ3) is 3.73. The van der Waals surface area contributed by atoms with Crippen molar-refractivity contribution < 1.29 is 0 Å². The van der Waals surface area contributed by atoms with E-state index in [-0.39, 0.29) is 0 Å². The molecule has 0 radical (unpaired) electrons. The number of hydrogen-bond acceptors (Lipinski definition) is 2. The molecule has 11 heavy (non-hydrogen) atoms. The van der Waals surface area contributed by atoms with Crippen LogP contribution in [0.15, 0.2) is 0 Å². The summed E-state index contributed by atoms with van der Waals surface area (Å²) >= 11 is 0. The van der Waals surface area contributed by atoms with Gasteiger partial charge in [0.25, 0.3) is 0 Å². The van der Waals surface area contributed by atoms with Crippen molar-refractivity contribution in [1.29, 1.82) is 0 Å². The molecule has 1 atom stereocenters. The quantitative estimate of drug-likeness (QED) is 0.565. The van der Waals surface area contributed by atoms with Crippen molar-refractivity contribution in [3.05, 3.63) is 0 Å². The largest absolute Gasteiger partial charge is 0.330 e. The first-order valence-corrected chi connectivity index (χ1v) is 4.78. The molecule has 0 aromatic heterocycles. The normalized spacial score (nSPS) is 20.2. The van der Waals surface area contributed by atoms with E-state index in [1.54, 1.807) is 0 Å². The summed E-state index contributed by atoms with van der Waals surface area (Å²) in [5.74, 6) is 0.980. The lowest BCUT2D eigenvalue weighted by atomic mass is 10.2. The molecule has 0 aromatic carbocycles. The van der Waals surface area contributed by atoms with Gasteiger partial charge in [-0.05, 0) is 51.6 Å². The second-order valence-electron chi connectivity index (χ2n) is 3.58. The van der Waals surface area contributed by atoms with Gasteiger partial charge in [-0.2, -0.15) is 0 Å². The Balaban J connectivity index is 1.85. The number of nitrogens with two attached hydrogens (primary N) is 1. The summed E-state index contributed by atoms with van der Waals surface area (Å²) < 4.78 is 0. The van der Waals surface area contributed by atoms with Gasteiger partial charge in [0.2, 0.25) is 0 Å². The van der Waals surface area contributed by atoms with Crippen LogP contribution in [-0.2, 0) is 0 Å². The summed E-state index contributed by atoms with van der Waals surface area (Å²) in [5.41, 5.74) is 5.39. The maximum atomic E-state index is 5.39. The molecule has 1 aliphatic carbocycles. The Morgan fingerprint density at radius 3 is 2.73 bits per heavy atom. The highest BCUT2D eigenvalue weighted by Gasteiger charge is 2.26. The molecular formula is C9H20N2. The number of unbranched alkanes of at least 4 members (excludes halogenated alkanes) is 1. The zero-order valence-corrected chi connectivity index (χ0v) is 7.47. The second-order valence-corrected chi connectivity index (χ2v) is 3.58. The Hall–Kier alpha value is -0.0800. The Kier molecular flexibility index (Phi) is 3.87. The highest BCUT2D eigenvalue weighted by Crippen LogP contribution is 2.32. The molecule has 2 nitrogen and oxygen atoms in total. The van der Waals surface area contributed by atoms with E-state index >= 15 is 0 Å². The molecule has 1 rings (SSSR count). The zero-order valence-electron chi connectivity index (χ0n) is 7.47. The molecule has 0 heterocycles. The van der Waals surface area contributed by atoms with Crippen molar-refractivity contribution in [2.24, 2.45) is 11.7 Å². The molecule has 3 N–H and O–H groups in total. The topological polar surface area (TPSA) is 38.0 Å². The summed E-state index contributed by atoms with van der Waals surface area (Å²) in [5, 5.41) is 3.52. The molecule has 66 valence electrons. The standard InChI is InChI=1S/C9H20N2/c1-8(9-4-5-9)11-7-3-2-6-10/h8-9,11H,2-7,10H2,1H3. The van der Waals surface area contributed by atoms with Gasteiger partial charge in [-0.25, -0.2) is 0 Å². The van der Waals surface area contributed by atoms with Crippen molar-refractivity contribution in [3.63, 3.8) is 0 Å². The van der Waals surface area contributed by atoms with Crippen LogP contribution in [-0.4, -0.2) is 19.1 Å². The van der Waals surface area contributed by atoms with Crippen LogP contribution >= 0.6 is 0 Å². The fraction of sp³-hybridized carbons (Fsp3) is 1.00. The predicted octanol–water partition coefficient (Wildman–Crippen LogP) is 1.11. The van der Waals surface area contributed by atoms with E-state index in [0.717, 1.165) is 31.5 Å². The number of hydrogen-bond donors (Lipinski definition) is 2. The molecule has 0 amide bonds. The van der Waals surface area contributed by atoms with Crippen LogP contribution in [0.1, 0.15) is 32.6 Å². The molecule has 0 aromatic rings. The van der Waals surface area contributed by atoms with E-state index in [9.17, 15) is 0 Å². The van der Waals surface area contributed by atoms with Gasteiger partial charge in [-0.1, -0.05) is 0 Å². The molecule has 0 saturated heterocycles. The molecular weight excluding hydrogens is 136 g/mol. The SMILES string of the molecule is CC(NCCCCN)C1CC1. The monoisotopic (exact) mass is 156 g/mol. The van der Waals surface area contributed by atoms with Crippen LogP contribution < -0.4 is 11.1 Å². The third-order valence-electron chi connectivity index (χ3n) is 2.43. The summed E-state index contributed by atoms with van der Waals surface area (Å²) in [7, 11) is 0. The molecule has 1 saturated carbocycles. The van der Waals surface area contributed by atoms with Gasteiger partial charge >= 0.3 is 0 Å². The average Bonchev–Trinajstić information content (AvgIpc) is 2.79. The summed E-state index contributed by atoms with van der Waals surface area (Å²) in [4.78, 5) is 0. The highest BCUT2D eigenvalue weighted by molar-refractivity contribution is 4.82. The van der Waals surface area contributed by atoms with Crippen molar-refractivity contribution in [2.75, 3.05) is 13.1 Å². The Morgan fingerprint density at radius 2 is 2.18 bits per heavy atom. The molecule has 2 heteroatoms. The van der Waals surface area contributed by atoms with Gasteiger partial charge in [-0.15, -0.1) is 0 Å². The van der Waals surface area contributed by atoms with E-state index in [0.29, 0.717) is 0 Å². The minimum absolute atomic E-state index is 0.743. The van der Waals surface area contributed by atoms with E-state index in [2.05, 4.69) is 12.2 Å². The van der Waals surface area contributed by atoms with Crippen molar-refractivity contribution >= 4 is 0 Å². The predicted molar refractivity (Wildman–Crippen MR) is 48.5 cm³/mol. The fourth-order valence-electron chi connectivity index (χ4n) is 1.36. The van der Waals surface area contributed by atoms with E-state index in [1.165, 1.54) is 19.3 Å². The van der Waals surface area contributed by atoms with Crippen LogP contribution in [0, 0.1) is 5.92 Å². The Morgan fingerprint density at radius 1 is 1.45 bits per heavy atom. The minimum atomic E-state index is 0.743. The van der Waals surface area contributed by atoms with Gasteiger partial charge in [0.1, 0.15) is 0 Å². The van der Waals surface area contributed by atoms with Crippen LogP contribution in [0.4, 0.5) is 0 Å². The molecule has 1 aliphatic rings. The smallest absolute Gasteiger partial charge is 0.00669 e. The Labute approximate surface area is 69.5 Å². The van der Waals surface area contributed by atoms with Gasteiger partial charge in [0.15, 0.2) is 0 Å².